The Balaban J connectivity index is 1.94. The molecule has 0 aliphatic heterocycles. The fourth-order valence-electron chi connectivity index (χ4n) is 2.21. The predicted octanol–water partition coefficient (Wildman–Crippen LogP) is 2.26. The van der Waals surface area contributed by atoms with Crippen LogP contribution in [0.3, 0.4) is 0 Å². The van der Waals surface area contributed by atoms with Crippen molar-refractivity contribution in [1.29, 1.82) is 0 Å². The highest BCUT2D eigenvalue weighted by Crippen LogP contribution is 2.24. The second-order valence-electron chi connectivity index (χ2n) is 4.75. The summed E-state index contributed by atoms with van der Waals surface area (Å²) in [6.07, 6.45) is 1.74. The van der Waals surface area contributed by atoms with E-state index in [4.69, 9.17) is 4.84 Å². The molecule has 0 radical (unpaired) electrons. The maximum absolute atomic E-state index is 12.7. The molecule has 3 aromatic heterocycles. The smallest absolute Gasteiger partial charge is 0.273 e. The van der Waals surface area contributed by atoms with E-state index < -0.39 is 0 Å². The Morgan fingerprint density at radius 2 is 2.27 bits per heavy atom. The van der Waals surface area contributed by atoms with Gasteiger partial charge < -0.3 is 0 Å². The lowest BCUT2D eigenvalue weighted by molar-refractivity contribution is -0.121. The molecule has 0 aromatic carbocycles. The molecule has 8 heteroatoms. The number of rotatable bonds is 4. The molecular weight excluding hydrogens is 302 g/mol. The third-order valence-electron chi connectivity index (χ3n) is 3.34. The van der Waals surface area contributed by atoms with Gasteiger partial charge in [0, 0.05) is 11.6 Å². The van der Waals surface area contributed by atoms with Crippen molar-refractivity contribution in [3.8, 4) is 0 Å². The summed E-state index contributed by atoms with van der Waals surface area (Å²) in [5, 5.41) is 12.0. The summed E-state index contributed by atoms with van der Waals surface area (Å²) < 4.78 is 1.55. The molecule has 0 aliphatic rings. The van der Waals surface area contributed by atoms with Crippen molar-refractivity contribution in [3.63, 3.8) is 0 Å². The monoisotopic (exact) mass is 317 g/mol. The lowest BCUT2D eigenvalue weighted by Crippen LogP contribution is -2.33. The number of hydroxylamine groups is 2. The van der Waals surface area contributed by atoms with Gasteiger partial charge in [-0.2, -0.15) is 0 Å². The molecule has 3 aromatic rings. The molecule has 0 bridgehead atoms. The molecule has 0 saturated carbocycles. The van der Waals surface area contributed by atoms with Gasteiger partial charge >= 0.3 is 5.91 Å². The van der Waals surface area contributed by atoms with E-state index in [0.717, 1.165) is 10.7 Å². The third kappa shape index (κ3) is 2.46. The summed E-state index contributed by atoms with van der Waals surface area (Å²) in [5.41, 5.74) is 1.67. The first-order valence-electron chi connectivity index (χ1n) is 6.71. The quantitative estimate of drug-likeness (QED) is 0.690. The molecule has 1 unspecified atom stereocenters. The Morgan fingerprint density at radius 3 is 2.95 bits per heavy atom. The summed E-state index contributed by atoms with van der Waals surface area (Å²) in [4.78, 5) is 22.4. The normalized spacial score (nSPS) is 12.5. The molecule has 0 fully saturated rings. The molecule has 1 atom stereocenters. The van der Waals surface area contributed by atoms with Crippen LogP contribution >= 0.6 is 11.3 Å². The van der Waals surface area contributed by atoms with Crippen molar-refractivity contribution in [1.82, 2.24) is 24.9 Å². The second-order valence-corrected chi connectivity index (χ2v) is 5.81. The number of fused-ring (bicyclic) bond motifs is 1. The summed E-state index contributed by atoms with van der Waals surface area (Å²) in [6, 6.07) is 5.13. The van der Waals surface area contributed by atoms with Crippen molar-refractivity contribution >= 4 is 22.8 Å². The number of hydrogen-bond donors (Lipinski definition) is 0. The number of thiazole rings is 1. The Labute approximate surface area is 131 Å². The van der Waals surface area contributed by atoms with Gasteiger partial charge in [-0.1, -0.05) is 11.3 Å². The zero-order valence-electron chi connectivity index (χ0n) is 12.4. The van der Waals surface area contributed by atoms with Crippen LogP contribution in [0.4, 0.5) is 0 Å². The molecule has 114 valence electrons. The number of amides is 1. The van der Waals surface area contributed by atoms with Crippen LogP contribution in [-0.4, -0.2) is 37.9 Å². The molecule has 0 aliphatic carbocycles. The van der Waals surface area contributed by atoms with Gasteiger partial charge in [-0.05, 0) is 26.0 Å². The molecule has 0 saturated heterocycles. The Bertz CT molecular complexity index is 812. The standard InChI is InChI=1S/C14H15N5O2S/c1-9(11-8-22-10(2)15-11)19(21-3)14(20)13-12-6-4-5-7-18(12)17-16-13/h4-9H,1-3H3. The number of carbonyl (C=O) groups is 1. The van der Waals surface area contributed by atoms with Gasteiger partial charge in [-0.15, -0.1) is 16.4 Å². The van der Waals surface area contributed by atoms with Gasteiger partial charge in [0.25, 0.3) is 0 Å². The molecule has 0 spiro atoms. The van der Waals surface area contributed by atoms with E-state index in [0.29, 0.717) is 5.52 Å². The lowest BCUT2D eigenvalue weighted by atomic mass is 10.2. The average Bonchev–Trinajstić information content (AvgIpc) is 3.13. The van der Waals surface area contributed by atoms with Crippen LogP contribution in [0.2, 0.25) is 0 Å². The molecule has 7 nitrogen and oxygen atoms in total. The average molecular weight is 317 g/mol. The molecular formula is C14H15N5O2S. The number of aryl methyl sites for hydroxylation is 1. The number of hydrogen-bond acceptors (Lipinski definition) is 6. The van der Waals surface area contributed by atoms with Crippen LogP contribution in [0.5, 0.6) is 0 Å². The largest absolute Gasteiger partial charge is 0.300 e. The van der Waals surface area contributed by atoms with Crippen LogP contribution < -0.4 is 0 Å². The minimum absolute atomic E-state index is 0.251. The lowest BCUT2D eigenvalue weighted by Gasteiger charge is -2.24. The van der Waals surface area contributed by atoms with Crippen molar-refractivity contribution in [2.24, 2.45) is 0 Å². The van der Waals surface area contributed by atoms with Gasteiger partial charge in [0.1, 0.15) is 6.04 Å². The van der Waals surface area contributed by atoms with E-state index in [1.165, 1.54) is 23.5 Å². The van der Waals surface area contributed by atoms with E-state index in [1.54, 1.807) is 16.8 Å². The second kappa shape index (κ2) is 5.82. The van der Waals surface area contributed by atoms with Crippen LogP contribution in [0.1, 0.15) is 34.2 Å². The van der Waals surface area contributed by atoms with Crippen LogP contribution in [0, 0.1) is 6.92 Å². The fraction of sp³-hybridized carbons (Fsp3) is 0.286. The Morgan fingerprint density at radius 1 is 1.45 bits per heavy atom. The minimum Gasteiger partial charge on any atom is -0.273 e. The van der Waals surface area contributed by atoms with E-state index >= 15 is 0 Å². The van der Waals surface area contributed by atoms with Gasteiger partial charge in [0.05, 0.1) is 23.3 Å². The Hall–Kier alpha value is -2.32. The van der Waals surface area contributed by atoms with Crippen LogP contribution in [0.15, 0.2) is 29.8 Å². The highest BCUT2D eigenvalue weighted by molar-refractivity contribution is 7.09. The first-order chi connectivity index (χ1) is 10.6. The summed E-state index contributed by atoms with van der Waals surface area (Å²) in [7, 11) is 1.46. The summed E-state index contributed by atoms with van der Waals surface area (Å²) in [6.45, 7) is 3.79. The highest BCUT2D eigenvalue weighted by atomic mass is 32.1. The fourth-order valence-corrected chi connectivity index (χ4v) is 2.91. The van der Waals surface area contributed by atoms with Crippen molar-refractivity contribution in [2.45, 2.75) is 19.9 Å². The van der Waals surface area contributed by atoms with E-state index in [2.05, 4.69) is 15.3 Å². The number of nitrogens with zero attached hydrogens (tertiary/aromatic N) is 5. The third-order valence-corrected chi connectivity index (χ3v) is 4.13. The summed E-state index contributed by atoms with van der Waals surface area (Å²) >= 11 is 1.54. The molecule has 0 N–H and O–H groups in total. The van der Waals surface area contributed by atoms with Crippen molar-refractivity contribution < 1.29 is 9.63 Å². The van der Waals surface area contributed by atoms with Crippen molar-refractivity contribution in [2.75, 3.05) is 7.11 Å². The minimum atomic E-state index is -0.346. The number of aromatic nitrogens is 4. The molecule has 1 amide bonds. The van der Waals surface area contributed by atoms with Gasteiger partial charge in [0.2, 0.25) is 0 Å². The number of pyridine rings is 1. The highest BCUT2D eigenvalue weighted by Gasteiger charge is 2.28. The van der Waals surface area contributed by atoms with E-state index in [9.17, 15) is 4.79 Å². The maximum atomic E-state index is 12.7. The van der Waals surface area contributed by atoms with Crippen molar-refractivity contribution in [3.05, 3.63) is 46.2 Å². The number of carbonyl (C=O) groups excluding carboxylic acids is 1. The van der Waals surface area contributed by atoms with Gasteiger partial charge in [-0.3, -0.25) is 9.63 Å². The zero-order valence-corrected chi connectivity index (χ0v) is 13.2. The van der Waals surface area contributed by atoms with E-state index in [-0.39, 0.29) is 17.6 Å². The van der Waals surface area contributed by atoms with Crippen LogP contribution in [0.25, 0.3) is 5.52 Å². The van der Waals surface area contributed by atoms with Gasteiger partial charge in [0.15, 0.2) is 5.69 Å². The molecule has 22 heavy (non-hydrogen) atoms. The Kier molecular flexibility index (Phi) is 3.86. The van der Waals surface area contributed by atoms with Gasteiger partial charge in [-0.25, -0.2) is 14.6 Å². The summed E-state index contributed by atoms with van der Waals surface area (Å²) in [5.74, 6) is -0.346. The van der Waals surface area contributed by atoms with E-state index in [1.807, 2.05) is 31.4 Å². The first kappa shape index (κ1) is 14.6. The molecule has 3 rings (SSSR count). The SMILES string of the molecule is CON(C(=O)c1nnn2ccccc12)C(C)c1csc(C)n1. The zero-order chi connectivity index (χ0) is 15.7. The molecule has 3 heterocycles. The first-order valence-corrected chi connectivity index (χ1v) is 7.59. The van der Waals surface area contributed by atoms with Crippen LogP contribution in [-0.2, 0) is 4.84 Å². The topological polar surface area (TPSA) is 72.6 Å². The predicted molar refractivity (Wildman–Crippen MR) is 81.4 cm³/mol. The maximum Gasteiger partial charge on any atom is 0.300 e.